The Labute approximate surface area is 129 Å². The minimum absolute atomic E-state index is 0.00751. The van der Waals surface area contributed by atoms with Crippen molar-refractivity contribution in [2.75, 3.05) is 6.61 Å². The summed E-state index contributed by atoms with van der Waals surface area (Å²) in [6, 6.07) is 3.74. The molecule has 0 saturated heterocycles. The molecule has 4 nitrogen and oxygen atoms in total. The third-order valence-corrected chi connectivity index (χ3v) is 4.23. The number of aryl methyl sites for hydroxylation is 1. The maximum atomic E-state index is 13.4. The fourth-order valence-corrected chi connectivity index (χ4v) is 3.13. The molecule has 3 rings (SSSR count). The lowest BCUT2D eigenvalue weighted by molar-refractivity contribution is -0.136. The van der Waals surface area contributed by atoms with Gasteiger partial charge in [0.05, 0.1) is 12.2 Å². The van der Waals surface area contributed by atoms with Gasteiger partial charge in [0.15, 0.2) is 0 Å². The summed E-state index contributed by atoms with van der Waals surface area (Å²) in [7, 11) is 0. The Morgan fingerprint density at radius 3 is 2.52 bits per heavy atom. The summed E-state index contributed by atoms with van der Waals surface area (Å²) in [6.45, 7) is 3.73. The number of fused-ring (bicyclic) bond motifs is 3. The summed E-state index contributed by atoms with van der Waals surface area (Å²) in [5, 5.41) is 9.65. The zero-order valence-corrected chi connectivity index (χ0v) is 12.6. The predicted molar refractivity (Wildman–Crippen MR) is 81.6 cm³/mol. The molecule has 0 spiro atoms. The Hall–Kier alpha value is -2.28. The summed E-state index contributed by atoms with van der Waals surface area (Å²) >= 11 is 0. The molecule has 2 aromatic heterocycles. The van der Waals surface area contributed by atoms with Crippen LogP contribution < -0.4 is 5.56 Å². The number of aliphatic hydroxyl groups is 1. The first-order chi connectivity index (χ1) is 10.8. The largest absolute Gasteiger partial charge is 0.417 e. The van der Waals surface area contributed by atoms with E-state index in [4.69, 9.17) is 0 Å². The second-order valence-electron chi connectivity index (χ2n) is 5.51. The molecule has 122 valence electrons. The van der Waals surface area contributed by atoms with Gasteiger partial charge in [0.1, 0.15) is 0 Å². The lowest BCUT2D eigenvalue weighted by Crippen LogP contribution is -2.14. The monoisotopic (exact) mass is 324 g/mol. The van der Waals surface area contributed by atoms with Gasteiger partial charge < -0.3 is 14.7 Å². The molecule has 1 aromatic carbocycles. The Morgan fingerprint density at radius 1 is 1.22 bits per heavy atom. The van der Waals surface area contributed by atoms with Gasteiger partial charge in [-0.05, 0) is 31.5 Å². The number of H-pyrrole nitrogens is 1. The Kier molecular flexibility index (Phi) is 3.48. The van der Waals surface area contributed by atoms with Crippen molar-refractivity contribution in [3.8, 4) is 0 Å². The van der Waals surface area contributed by atoms with Crippen molar-refractivity contribution >= 4 is 21.8 Å². The van der Waals surface area contributed by atoms with Crippen LogP contribution in [0.3, 0.4) is 0 Å². The molecule has 0 aliphatic heterocycles. The quantitative estimate of drug-likeness (QED) is 0.761. The van der Waals surface area contributed by atoms with Crippen LogP contribution >= 0.6 is 0 Å². The molecule has 0 fully saturated rings. The van der Waals surface area contributed by atoms with Crippen molar-refractivity contribution in [3.05, 3.63) is 45.4 Å². The van der Waals surface area contributed by atoms with Crippen molar-refractivity contribution in [2.45, 2.75) is 26.6 Å². The molecule has 2 heterocycles. The number of aromatic amines is 1. The van der Waals surface area contributed by atoms with E-state index in [1.807, 2.05) is 0 Å². The van der Waals surface area contributed by atoms with Crippen molar-refractivity contribution in [2.24, 2.45) is 0 Å². The van der Waals surface area contributed by atoms with Crippen LogP contribution in [-0.2, 0) is 12.7 Å². The van der Waals surface area contributed by atoms with Crippen LogP contribution in [0.5, 0.6) is 0 Å². The molecule has 0 atom stereocenters. The number of pyridine rings is 1. The number of aliphatic hydroxyl groups excluding tert-OH is 1. The van der Waals surface area contributed by atoms with E-state index in [0.29, 0.717) is 29.1 Å². The first-order valence-electron chi connectivity index (χ1n) is 7.09. The number of nitrogens with zero attached hydrogens (tertiary/aromatic N) is 1. The number of halogens is 3. The van der Waals surface area contributed by atoms with Crippen molar-refractivity contribution < 1.29 is 18.3 Å². The average molecular weight is 324 g/mol. The summed E-state index contributed by atoms with van der Waals surface area (Å²) < 4.78 is 42.0. The maximum absolute atomic E-state index is 13.4. The topological polar surface area (TPSA) is 58.0 Å². The molecule has 3 aromatic rings. The van der Waals surface area contributed by atoms with Crippen LogP contribution in [0.1, 0.15) is 16.8 Å². The molecule has 0 unspecified atom stereocenters. The van der Waals surface area contributed by atoms with E-state index in [1.165, 1.54) is 6.07 Å². The zero-order valence-electron chi connectivity index (χ0n) is 12.6. The highest BCUT2D eigenvalue weighted by Crippen LogP contribution is 2.39. The Bertz CT molecular complexity index is 967. The highest BCUT2D eigenvalue weighted by molar-refractivity contribution is 6.09. The summed E-state index contributed by atoms with van der Waals surface area (Å²) in [4.78, 5) is 14.0. The van der Waals surface area contributed by atoms with E-state index in [2.05, 4.69) is 4.98 Å². The number of rotatable bonds is 2. The van der Waals surface area contributed by atoms with Gasteiger partial charge in [-0.2, -0.15) is 13.2 Å². The van der Waals surface area contributed by atoms with Gasteiger partial charge in [0.2, 0.25) is 5.56 Å². The molecular formula is C16H15F3N2O2. The molecule has 0 amide bonds. The van der Waals surface area contributed by atoms with Gasteiger partial charge in [-0.15, -0.1) is 0 Å². The molecule has 0 aliphatic carbocycles. The second kappa shape index (κ2) is 5.13. The Morgan fingerprint density at radius 2 is 1.91 bits per heavy atom. The minimum atomic E-state index is -4.62. The fourth-order valence-electron chi connectivity index (χ4n) is 3.13. The SMILES string of the molecule is Cc1c(C)n(CCO)c2ccc3[nH]c(=O)cc(C(F)(F)F)c3c12. The van der Waals surface area contributed by atoms with Crippen LogP contribution in [0.15, 0.2) is 23.0 Å². The molecule has 2 N–H and O–H groups in total. The third-order valence-electron chi connectivity index (χ3n) is 4.23. The van der Waals surface area contributed by atoms with E-state index < -0.39 is 17.3 Å². The first kappa shape index (κ1) is 15.6. The average Bonchev–Trinajstić information content (AvgIpc) is 2.71. The van der Waals surface area contributed by atoms with Crippen LogP contribution in [0.2, 0.25) is 0 Å². The van der Waals surface area contributed by atoms with Crippen LogP contribution in [-0.4, -0.2) is 21.3 Å². The first-order valence-corrected chi connectivity index (χ1v) is 7.09. The van der Waals surface area contributed by atoms with Crippen molar-refractivity contribution in [3.63, 3.8) is 0 Å². The highest BCUT2D eigenvalue weighted by Gasteiger charge is 2.34. The normalized spacial score (nSPS) is 12.4. The maximum Gasteiger partial charge on any atom is 0.417 e. The van der Waals surface area contributed by atoms with Crippen LogP contribution in [0.4, 0.5) is 13.2 Å². The number of nitrogens with one attached hydrogen (secondary N) is 1. The Balaban J connectivity index is 2.58. The molecule has 0 saturated carbocycles. The third kappa shape index (κ3) is 2.31. The smallest absolute Gasteiger partial charge is 0.395 e. The molecule has 0 bridgehead atoms. The lowest BCUT2D eigenvalue weighted by atomic mass is 10.0. The van der Waals surface area contributed by atoms with Crippen LogP contribution in [0.25, 0.3) is 21.8 Å². The molecule has 7 heteroatoms. The number of benzene rings is 1. The second-order valence-corrected chi connectivity index (χ2v) is 5.51. The summed E-state index contributed by atoms with van der Waals surface area (Å²) in [6.07, 6.45) is -4.62. The van der Waals surface area contributed by atoms with Crippen molar-refractivity contribution in [1.82, 2.24) is 9.55 Å². The fraction of sp³-hybridized carbons (Fsp3) is 0.312. The summed E-state index contributed by atoms with van der Waals surface area (Å²) in [5.41, 5.74) is 0.539. The number of hydrogen-bond donors (Lipinski definition) is 2. The van der Waals surface area contributed by atoms with Gasteiger partial charge in [-0.3, -0.25) is 4.79 Å². The van der Waals surface area contributed by atoms with E-state index in [0.717, 1.165) is 5.69 Å². The van der Waals surface area contributed by atoms with E-state index in [-0.39, 0.29) is 17.5 Å². The van der Waals surface area contributed by atoms with Crippen LogP contribution in [0, 0.1) is 13.8 Å². The van der Waals surface area contributed by atoms with E-state index >= 15 is 0 Å². The number of alkyl halides is 3. The van der Waals surface area contributed by atoms with Gasteiger partial charge in [0.25, 0.3) is 0 Å². The highest BCUT2D eigenvalue weighted by atomic mass is 19.4. The van der Waals surface area contributed by atoms with Crippen molar-refractivity contribution in [1.29, 1.82) is 0 Å². The summed E-state index contributed by atoms with van der Waals surface area (Å²) in [5.74, 6) is 0. The number of hydrogen-bond acceptors (Lipinski definition) is 2. The predicted octanol–water partition coefficient (Wildman–Crippen LogP) is 3.11. The van der Waals surface area contributed by atoms with Gasteiger partial charge in [0, 0.05) is 40.1 Å². The van der Waals surface area contributed by atoms with Gasteiger partial charge in [-0.25, -0.2) is 0 Å². The minimum Gasteiger partial charge on any atom is -0.395 e. The molecular weight excluding hydrogens is 309 g/mol. The molecule has 0 radical (unpaired) electrons. The standard InChI is InChI=1S/C16H15F3N2O2/c1-8-9(2)21(5-6-22)12-4-3-11-15(14(8)12)10(16(17,18)19)7-13(23)20-11/h3-4,7,22H,5-6H2,1-2H3,(H,20,23). The van der Waals surface area contributed by atoms with E-state index in [9.17, 15) is 23.1 Å². The number of aromatic nitrogens is 2. The van der Waals surface area contributed by atoms with Gasteiger partial charge >= 0.3 is 6.18 Å². The molecule has 23 heavy (non-hydrogen) atoms. The van der Waals surface area contributed by atoms with E-state index in [1.54, 1.807) is 24.5 Å². The molecule has 0 aliphatic rings. The lowest BCUT2D eigenvalue weighted by Gasteiger charge is -2.12. The van der Waals surface area contributed by atoms with Gasteiger partial charge in [-0.1, -0.05) is 0 Å². The zero-order chi connectivity index (χ0) is 16.9.